The van der Waals surface area contributed by atoms with Gasteiger partial charge in [0.15, 0.2) is 0 Å². The molecule has 2 aliphatic rings. The molecular formula is C12H12FNO. The molecule has 1 saturated heterocycles. The van der Waals surface area contributed by atoms with E-state index in [2.05, 4.69) is 0 Å². The van der Waals surface area contributed by atoms with Crippen molar-refractivity contribution in [2.45, 2.75) is 25.1 Å². The fourth-order valence-corrected chi connectivity index (χ4v) is 2.60. The van der Waals surface area contributed by atoms with Gasteiger partial charge in [-0.15, -0.1) is 0 Å². The highest BCUT2D eigenvalue weighted by atomic mass is 19.1. The van der Waals surface area contributed by atoms with Gasteiger partial charge in [-0.25, -0.2) is 4.39 Å². The van der Waals surface area contributed by atoms with Crippen LogP contribution in [0.3, 0.4) is 0 Å². The van der Waals surface area contributed by atoms with Crippen molar-refractivity contribution in [1.82, 2.24) is 4.90 Å². The van der Waals surface area contributed by atoms with Crippen molar-refractivity contribution in [3.8, 4) is 0 Å². The number of rotatable bonds is 0. The van der Waals surface area contributed by atoms with Crippen LogP contribution in [-0.2, 0) is 0 Å². The quantitative estimate of drug-likeness (QED) is 0.636. The van der Waals surface area contributed by atoms with Gasteiger partial charge in [0.2, 0.25) is 0 Å². The smallest absolute Gasteiger partial charge is 0.254 e. The van der Waals surface area contributed by atoms with Crippen LogP contribution in [0.15, 0.2) is 24.3 Å². The van der Waals surface area contributed by atoms with Gasteiger partial charge < -0.3 is 4.90 Å². The van der Waals surface area contributed by atoms with Gasteiger partial charge in [-0.2, -0.15) is 0 Å². The van der Waals surface area contributed by atoms with E-state index in [1.165, 1.54) is 0 Å². The number of alkyl halides is 1. The fourth-order valence-electron chi connectivity index (χ4n) is 2.60. The van der Waals surface area contributed by atoms with Gasteiger partial charge >= 0.3 is 0 Å². The Bertz CT molecular complexity index is 418. The van der Waals surface area contributed by atoms with Gasteiger partial charge in [0.25, 0.3) is 5.91 Å². The van der Waals surface area contributed by atoms with Crippen LogP contribution in [0.5, 0.6) is 0 Å². The second kappa shape index (κ2) is 3.05. The average Bonchev–Trinajstić information content (AvgIpc) is 2.54. The Morgan fingerprint density at radius 3 is 3.00 bits per heavy atom. The summed E-state index contributed by atoms with van der Waals surface area (Å²) in [7, 11) is 0. The van der Waals surface area contributed by atoms with Crippen LogP contribution in [0.2, 0.25) is 0 Å². The predicted octanol–water partition coefficient (Wildman–Crippen LogP) is 2.32. The van der Waals surface area contributed by atoms with E-state index in [0.717, 1.165) is 11.1 Å². The summed E-state index contributed by atoms with van der Waals surface area (Å²) in [5.41, 5.74) is 1.77. The first-order valence-electron chi connectivity index (χ1n) is 5.31. The summed E-state index contributed by atoms with van der Waals surface area (Å²) >= 11 is 0. The predicted molar refractivity (Wildman–Crippen MR) is 54.3 cm³/mol. The molecule has 1 aromatic carbocycles. The second-order valence-corrected chi connectivity index (χ2v) is 4.22. The summed E-state index contributed by atoms with van der Waals surface area (Å²) in [6.07, 6.45) is 0.184. The number of carbonyl (C=O) groups excluding carboxylic acids is 1. The van der Waals surface area contributed by atoms with Crippen molar-refractivity contribution in [2.75, 3.05) is 6.54 Å². The topological polar surface area (TPSA) is 20.3 Å². The van der Waals surface area contributed by atoms with Gasteiger partial charge in [-0.3, -0.25) is 4.79 Å². The van der Waals surface area contributed by atoms with E-state index in [1.807, 2.05) is 24.3 Å². The van der Waals surface area contributed by atoms with Crippen molar-refractivity contribution in [3.05, 3.63) is 35.4 Å². The molecule has 2 heterocycles. The third-order valence-electron chi connectivity index (χ3n) is 3.35. The number of halogens is 1. The molecule has 0 saturated carbocycles. The van der Waals surface area contributed by atoms with E-state index < -0.39 is 6.17 Å². The first kappa shape index (κ1) is 8.89. The highest BCUT2D eigenvalue weighted by molar-refractivity contribution is 5.99. The molecule has 0 radical (unpaired) electrons. The number of carbonyl (C=O) groups is 1. The van der Waals surface area contributed by atoms with E-state index in [4.69, 9.17) is 0 Å². The van der Waals surface area contributed by atoms with Crippen molar-refractivity contribution < 1.29 is 9.18 Å². The Morgan fingerprint density at radius 1 is 1.33 bits per heavy atom. The van der Waals surface area contributed by atoms with Gasteiger partial charge in [0, 0.05) is 18.5 Å². The molecule has 0 spiro atoms. The molecule has 15 heavy (non-hydrogen) atoms. The normalized spacial score (nSPS) is 28.9. The first-order chi connectivity index (χ1) is 7.27. The minimum Gasteiger partial charge on any atom is -0.331 e. The van der Waals surface area contributed by atoms with E-state index >= 15 is 0 Å². The zero-order valence-electron chi connectivity index (χ0n) is 8.32. The van der Waals surface area contributed by atoms with Crippen molar-refractivity contribution in [1.29, 1.82) is 0 Å². The maximum absolute atomic E-state index is 13.3. The highest BCUT2D eigenvalue weighted by Gasteiger charge is 2.40. The van der Waals surface area contributed by atoms with Crippen LogP contribution < -0.4 is 0 Å². The maximum Gasteiger partial charge on any atom is 0.254 e. The lowest BCUT2D eigenvalue weighted by atomic mass is 9.96. The maximum atomic E-state index is 13.3. The Labute approximate surface area is 87.7 Å². The molecule has 0 aromatic heterocycles. The van der Waals surface area contributed by atoms with Gasteiger partial charge in [0.05, 0.1) is 6.04 Å². The molecule has 3 rings (SSSR count). The minimum atomic E-state index is -0.759. The van der Waals surface area contributed by atoms with Gasteiger partial charge in [-0.05, 0) is 18.1 Å². The number of hydrogen-bond donors (Lipinski definition) is 0. The molecule has 1 aromatic rings. The lowest BCUT2D eigenvalue weighted by Crippen LogP contribution is -2.36. The Morgan fingerprint density at radius 2 is 2.13 bits per heavy atom. The summed E-state index contributed by atoms with van der Waals surface area (Å²) in [5.74, 6) is 0.0718. The molecule has 0 N–H and O–H groups in total. The second-order valence-electron chi connectivity index (χ2n) is 4.22. The van der Waals surface area contributed by atoms with E-state index in [0.29, 0.717) is 19.4 Å². The molecular weight excluding hydrogens is 193 g/mol. The van der Waals surface area contributed by atoms with E-state index in [-0.39, 0.29) is 11.9 Å². The first-order valence-corrected chi connectivity index (χ1v) is 5.31. The fraction of sp³-hybridized carbons (Fsp3) is 0.417. The monoisotopic (exact) mass is 205 g/mol. The molecule has 1 amide bonds. The van der Waals surface area contributed by atoms with Crippen molar-refractivity contribution in [3.63, 3.8) is 0 Å². The summed E-state index contributed by atoms with van der Waals surface area (Å²) in [6.45, 7) is 0.555. The number of hydrogen-bond acceptors (Lipinski definition) is 1. The van der Waals surface area contributed by atoms with Crippen LogP contribution in [0.4, 0.5) is 4.39 Å². The third-order valence-corrected chi connectivity index (χ3v) is 3.35. The molecule has 2 aliphatic heterocycles. The largest absolute Gasteiger partial charge is 0.331 e. The Balaban J connectivity index is 2.06. The molecule has 2 nitrogen and oxygen atoms in total. The number of nitrogens with zero attached hydrogens (tertiary/aromatic N) is 1. The van der Waals surface area contributed by atoms with Crippen LogP contribution in [0.1, 0.15) is 34.8 Å². The molecule has 0 bridgehead atoms. The molecule has 2 atom stereocenters. The van der Waals surface area contributed by atoms with Crippen LogP contribution in [0, 0.1) is 0 Å². The molecule has 78 valence electrons. The van der Waals surface area contributed by atoms with Crippen LogP contribution >= 0.6 is 0 Å². The number of benzene rings is 1. The zero-order valence-corrected chi connectivity index (χ0v) is 8.32. The average molecular weight is 205 g/mol. The molecule has 1 fully saturated rings. The van der Waals surface area contributed by atoms with Crippen LogP contribution in [0.25, 0.3) is 0 Å². The summed E-state index contributed by atoms with van der Waals surface area (Å²) < 4.78 is 13.3. The summed E-state index contributed by atoms with van der Waals surface area (Å²) in [4.78, 5) is 13.7. The standard InChI is InChI=1S/C12H12FNO/c13-8-5-6-14-11(7-8)9-3-1-2-4-10(9)12(14)15/h1-4,8,11H,5-7H2/t8-,11+/m0/s1. The summed E-state index contributed by atoms with van der Waals surface area (Å²) in [5, 5.41) is 0. The molecule has 3 heteroatoms. The number of amides is 1. The number of fused-ring (bicyclic) bond motifs is 3. The lowest BCUT2D eigenvalue weighted by Gasteiger charge is -2.31. The number of piperidine rings is 1. The lowest BCUT2D eigenvalue weighted by molar-refractivity contribution is 0.0575. The van der Waals surface area contributed by atoms with Crippen molar-refractivity contribution in [2.24, 2.45) is 0 Å². The van der Waals surface area contributed by atoms with E-state index in [9.17, 15) is 9.18 Å². The van der Waals surface area contributed by atoms with Crippen LogP contribution in [-0.4, -0.2) is 23.5 Å². The van der Waals surface area contributed by atoms with Gasteiger partial charge in [0.1, 0.15) is 6.17 Å². The third kappa shape index (κ3) is 1.19. The summed E-state index contributed by atoms with van der Waals surface area (Å²) in [6, 6.07) is 7.54. The molecule has 0 aliphatic carbocycles. The Hall–Kier alpha value is -1.38. The zero-order chi connectivity index (χ0) is 10.4. The van der Waals surface area contributed by atoms with Gasteiger partial charge in [-0.1, -0.05) is 18.2 Å². The Kier molecular flexibility index (Phi) is 1.81. The van der Waals surface area contributed by atoms with E-state index in [1.54, 1.807) is 4.90 Å². The minimum absolute atomic E-state index is 0.0163. The highest BCUT2D eigenvalue weighted by Crippen LogP contribution is 2.40. The molecule has 0 unspecified atom stereocenters. The SMILES string of the molecule is O=C1c2ccccc2[C@H]2C[C@@H](F)CCN12. The van der Waals surface area contributed by atoms with Crippen molar-refractivity contribution >= 4 is 5.91 Å².